The molecule has 0 fully saturated rings. The maximum absolute atomic E-state index is 11.3. The highest BCUT2D eigenvalue weighted by molar-refractivity contribution is 5.93. The van der Waals surface area contributed by atoms with Crippen molar-refractivity contribution in [3.63, 3.8) is 0 Å². The number of benzene rings is 1. The molecule has 0 saturated carbocycles. The van der Waals surface area contributed by atoms with Crippen LogP contribution < -0.4 is 5.32 Å². The van der Waals surface area contributed by atoms with Crippen LogP contribution in [-0.2, 0) is 0 Å². The molecule has 0 spiro atoms. The predicted molar refractivity (Wildman–Crippen MR) is 49.3 cm³/mol. The van der Waals surface area contributed by atoms with E-state index >= 15 is 0 Å². The van der Waals surface area contributed by atoms with Gasteiger partial charge in [-0.3, -0.25) is 4.79 Å². The average Bonchev–Trinajstić information content (AvgIpc) is 2.19. The molecule has 13 heavy (non-hydrogen) atoms. The Hall–Kier alpha value is -1.35. The fourth-order valence-corrected chi connectivity index (χ4v) is 0.911. The number of rotatable bonds is 4. The largest absolute Gasteiger partial charge is 0.396 e. The maximum atomic E-state index is 11.3. The summed E-state index contributed by atoms with van der Waals surface area (Å²) in [6, 6.07) is 9.82. The summed E-state index contributed by atoms with van der Waals surface area (Å²) in [5.41, 5.74) is 0.528. The third-order valence-electron chi connectivity index (χ3n) is 1.57. The second kappa shape index (κ2) is 5.32. The van der Waals surface area contributed by atoms with Crippen LogP contribution >= 0.6 is 0 Å². The average molecular weight is 178 g/mol. The van der Waals surface area contributed by atoms with Gasteiger partial charge in [-0.25, -0.2) is 0 Å². The van der Waals surface area contributed by atoms with Crippen LogP contribution in [0.15, 0.2) is 24.3 Å². The molecule has 1 radical (unpaired) electrons. The SMILES string of the molecule is O=C(NCCCO)c1[c]cccc1. The lowest BCUT2D eigenvalue weighted by atomic mass is 10.2. The van der Waals surface area contributed by atoms with Gasteiger partial charge in [0, 0.05) is 18.7 Å². The number of carbonyl (C=O) groups is 1. The van der Waals surface area contributed by atoms with E-state index in [-0.39, 0.29) is 12.5 Å². The second-order valence-corrected chi connectivity index (χ2v) is 2.61. The van der Waals surface area contributed by atoms with Gasteiger partial charge in [-0.2, -0.15) is 0 Å². The number of carbonyl (C=O) groups excluding carboxylic acids is 1. The van der Waals surface area contributed by atoms with E-state index in [1.165, 1.54) is 0 Å². The van der Waals surface area contributed by atoms with Gasteiger partial charge in [-0.05, 0) is 18.6 Å². The van der Waals surface area contributed by atoms with Gasteiger partial charge in [0.05, 0.1) is 0 Å². The molecule has 0 saturated heterocycles. The molecule has 0 atom stereocenters. The number of aliphatic hydroxyl groups is 1. The molecule has 0 aliphatic rings. The van der Waals surface area contributed by atoms with Crippen molar-refractivity contribution >= 4 is 5.91 Å². The van der Waals surface area contributed by atoms with Crippen molar-refractivity contribution in [2.45, 2.75) is 6.42 Å². The van der Waals surface area contributed by atoms with Crippen molar-refractivity contribution in [2.24, 2.45) is 0 Å². The topological polar surface area (TPSA) is 49.3 Å². The van der Waals surface area contributed by atoms with E-state index < -0.39 is 0 Å². The Balaban J connectivity index is 2.40. The minimum atomic E-state index is -0.144. The Morgan fingerprint density at radius 1 is 1.54 bits per heavy atom. The molecule has 1 aromatic rings. The molecule has 1 aromatic carbocycles. The van der Waals surface area contributed by atoms with Gasteiger partial charge in [-0.1, -0.05) is 18.2 Å². The Labute approximate surface area is 77.4 Å². The summed E-state index contributed by atoms with van der Waals surface area (Å²) in [6.07, 6.45) is 0.582. The van der Waals surface area contributed by atoms with E-state index in [4.69, 9.17) is 5.11 Å². The van der Waals surface area contributed by atoms with Gasteiger partial charge < -0.3 is 10.4 Å². The van der Waals surface area contributed by atoms with Crippen molar-refractivity contribution in [1.82, 2.24) is 5.32 Å². The Bertz CT molecular complexity index is 259. The Kier molecular flexibility index (Phi) is 3.99. The molecule has 0 heterocycles. The molecule has 3 heteroatoms. The van der Waals surface area contributed by atoms with Crippen LogP contribution in [0.3, 0.4) is 0 Å². The lowest BCUT2D eigenvalue weighted by Crippen LogP contribution is -2.24. The van der Waals surface area contributed by atoms with Crippen LogP contribution in [0.25, 0.3) is 0 Å². The number of nitrogens with one attached hydrogen (secondary N) is 1. The summed E-state index contributed by atoms with van der Waals surface area (Å²) in [4.78, 5) is 11.3. The van der Waals surface area contributed by atoms with Crippen molar-refractivity contribution in [1.29, 1.82) is 0 Å². The van der Waals surface area contributed by atoms with Crippen LogP contribution in [0.1, 0.15) is 16.8 Å². The quantitative estimate of drug-likeness (QED) is 0.663. The van der Waals surface area contributed by atoms with E-state index in [2.05, 4.69) is 11.4 Å². The van der Waals surface area contributed by atoms with Crippen molar-refractivity contribution in [3.8, 4) is 0 Å². The van der Waals surface area contributed by atoms with Crippen molar-refractivity contribution in [3.05, 3.63) is 35.9 Å². The van der Waals surface area contributed by atoms with Crippen LogP contribution in [0.2, 0.25) is 0 Å². The number of amides is 1. The first-order chi connectivity index (χ1) is 6.34. The lowest BCUT2D eigenvalue weighted by Gasteiger charge is -2.02. The molecular weight excluding hydrogens is 166 g/mol. The molecule has 3 nitrogen and oxygen atoms in total. The molecular formula is C10H12NO2. The molecule has 0 unspecified atom stereocenters. The zero-order valence-corrected chi connectivity index (χ0v) is 7.29. The zero-order valence-electron chi connectivity index (χ0n) is 7.29. The molecule has 0 aliphatic carbocycles. The highest BCUT2D eigenvalue weighted by Crippen LogP contribution is 1.96. The highest BCUT2D eigenvalue weighted by atomic mass is 16.3. The van der Waals surface area contributed by atoms with Crippen LogP contribution in [-0.4, -0.2) is 24.2 Å². The van der Waals surface area contributed by atoms with Crippen molar-refractivity contribution < 1.29 is 9.90 Å². The van der Waals surface area contributed by atoms with Crippen LogP contribution in [0.4, 0.5) is 0 Å². The third kappa shape index (κ3) is 3.25. The van der Waals surface area contributed by atoms with E-state index in [0.717, 1.165) is 0 Å². The number of hydrogen-bond acceptors (Lipinski definition) is 2. The van der Waals surface area contributed by atoms with Crippen LogP contribution in [0.5, 0.6) is 0 Å². The molecule has 1 amide bonds. The first kappa shape index (κ1) is 9.74. The van der Waals surface area contributed by atoms with E-state index in [9.17, 15) is 4.79 Å². The van der Waals surface area contributed by atoms with E-state index in [1.54, 1.807) is 18.2 Å². The fraction of sp³-hybridized carbons (Fsp3) is 0.300. The zero-order chi connectivity index (χ0) is 9.52. The first-order valence-corrected chi connectivity index (χ1v) is 4.20. The molecule has 0 aliphatic heterocycles. The summed E-state index contributed by atoms with van der Waals surface area (Å²) < 4.78 is 0. The van der Waals surface area contributed by atoms with E-state index in [0.29, 0.717) is 18.5 Å². The maximum Gasteiger partial charge on any atom is 0.251 e. The predicted octanol–water partition coefficient (Wildman–Crippen LogP) is 0.599. The summed E-state index contributed by atoms with van der Waals surface area (Å²) in [5.74, 6) is -0.144. The lowest BCUT2D eigenvalue weighted by molar-refractivity contribution is 0.0951. The normalized spacial score (nSPS) is 9.62. The van der Waals surface area contributed by atoms with Gasteiger partial charge in [0.2, 0.25) is 0 Å². The molecule has 2 N–H and O–H groups in total. The van der Waals surface area contributed by atoms with Crippen molar-refractivity contribution in [2.75, 3.05) is 13.2 Å². The number of hydrogen-bond donors (Lipinski definition) is 2. The van der Waals surface area contributed by atoms with Gasteiger partial charge in [0.25, 0.3) is 5.91 Å². The smallest absolute Gasteiger partial charge is 0.251 e. The summed E-state index contributed by atoms with van der Waals surface area (Å²) in [6.45, 7) is 0.594. The van der Waals surface area contributed by atoms with Gasteiger partial charge in [0.15, 0.2) is 0 Å². The summed E-state index contributed by atoms with van der Waals surface area (Å²) >= 11 is 0. The van der Waals surface area contributed by atoms with Gasteiger partial charge in [-0.15, -0.1) is 0 Å². The minimum Gasteiger partial charge on any atom is -0.396 e. The summed E-state index contributed by atoms with van der Waals surface area (Å²) in [7, 11) is 0. The van der Waals surface area contributed by atoms with Gasteiger partial charge in [0.1, 0.15) is 0 Å². The Morgan fingerprint density at radius 2 is 2.38 bits per heavy atom. The first-order valence-electron chi connectivity index (χ1n) is 4.20. The minimum absolute atomic E-state index is 0.0960. The number of aliphatic hydroxyl groups excluding tert-OH is 1. The van der Waals surface area contributed by atoms with Crippen LogP contribution in [0, 0.1) is 6.07 Å². The fourth-order valence-electron chi connectivity index (χ4n) is 0.911. The molecule has 0 aromatic heterocycles. The Morgan fingerprint density at radius 3 is 3.00 bits per heavy atom. The summed E-state index contributed by atoms with van der Waals surface area (Å²) in [5, 5.41) is 11.2. The molecule has 0 bridgehead atoms. The standard InChI is InChI=1S/C10H12NO2/c12-8-4-7-11-10(13)9-5-2-1-3-6-9/h1-3,5,12H,4,7-8H2,(H,11,13). The highest BCUT2D eigenvalue weighted by Gasteiger charge is 2.02. The van der Waals surface area contributed by atoms with E-state index in [1.807, 2.05) is 6.07 Å². The monoisotopic (exact) mass is 178 g/mol. The molecule has 69 valence electrons. The third-order valence-corrected chi connectivity index (χ3v) is 1.57. The second-order valence-electron chi connectivity index (χ2n) is 2.61. The molecule has 1 rings (SSSR count). The van der Waals surface area contributed by atoms with Gasteiger partial charge >= 0.3 is 0 Å².